The molecule has 1 saturated heterocycles. The zero-order valence-corrected chi connectivity index (χ0v) is 16.6. The molecule has 1 unspecified atom stereocenters. The van der Waals surface area contributed by atoms with E-state index in [1.165, 1.54) is 6.07 Å². The lowest BCUT2D eigenvalue weighted by atomic mass is 10.1. The first-order chi connectivity index (χ1) is 11.2. The summed E-state index contributed by atoms with van der Waals surface area (Å²) >= 11 is 0. The van der Waals surface area contributed by atoms with Gasteiger partial charge in [0.05, 0.1) is 12.7 Å². The van der Waals surface area contributed by atoms with Crippen LogP contribution in [-0.2, 0) is 16.0 Å². The summed E-state index contributed by atoms with van der Waals surface area (Å²) in [5, 5.41) is 6.46. The summed E-state index contributed by atoms with van der Waals surface area (Å²) < 4.78 is 24.2. The molecule has 1 atom stereocenters. The van der Waals surface area contributed by atoms with Crippen molar-refractivity contribution in [2.45, 2.75) is 32.4 Å². The maximum Gasteiger partial charge on any atom is 0.191 e. The normalized spacial score (nSPS) is 17.5. The second-order valence-electron chi connectivity index (χ2n) is 5.65. The first kappa shape index (κ1) is 21.1. The van der Waals surface area contributed by atoms with E-state index in [1.54, 1.807) is 20.0 Å². The average molecular weight is 451 g/mol. The second kappa shape index (κ2) is 11.6. The quantitative estimate of drug-likeness (QED) is 0.290. The minimum Gasteiger partial charge on any atom is -0.379 e. The molecule has 0 aromatic heterocycles. The predicted octanol–water partition coefficient (Wildman–Crippen LogP) is 2.61. The number of aliphatic imine (C=N–C) groups is 1. The summed E-state index contributed by atoms with van der Waals surface area (Å²) in [7, 11) is 1.73. The van der Waals surface area contributed by atoms with Crippen molar-refractivity contribution in [3.8, 4) is 0 Å². The van der Waals surface area contributed by atoms with E-state index in [4.69, 9.17) is 9.47 Å². The Morgan fingerprint density at radius 1 is 1.42 bits per heavy atom. The monoisotopic (exact) mass is 451 g/mol. The van der Waals surface area contributed by atoms with Gasteiger partial charge in [-0.2, -0.15) is 0 Å². The standard InChI is InChI=1S/C17H26FN3O2.HI/c1-13-10-14(4-5-16(13)18)11-21-17(19-2)20-7-3-8-23-15-6-9-22-12-15;/h4-5,10,15H,3,6-9,11-12H2,1-2H3,(H2,19,20,21);1H. The summed E-state index contributed by atoms with van der Waals surface area (Å²) in [5.74, 6) is 0.556. The molecule has 0 amide bonds. The SMILES string of the molecule is CN=C(NCCCOC1CCOC1)NCc1ccc(F)c(C)c1.I. The van der Waals surface area contributed by atoms with E-state index in [0.29, 0.717) is 18.7 Å². The molecule has 1 aliphatic heterocycles. The van der Waals surface area contributed by atoms with E-state index in [2.05, 4.69) is 15.6 Å². The molecule has 0 radical (unpaired) electrons. The molecule has 136 valence electrons. The molecule has 1 aromatic rings. The van der Waals surface area contributed by atoms with Gasteiger partial charge in [0.15, 0.2) is 5.96 Å². The zero-order valence-electron chi connectivity index (χ0n) is 14.3. The van der Waals surface area contributed by atoms with Gasteiger partial charge in [-0.15, -0.1) is 24.0 Å². The number of benzene rings is 1. The van der Waals surface area contributed by atoms with E-state index in [-0.39, 0.29) is 35.9 Å². The number of hydrogen-bond acceptors (Lipinski definition) is 3. The molecule has 24 heavy (non-hydrogen) atoms. The lowest BCUT2D eigenvalue weighted by molar-refractivity contribution is 0.0420. The Kier molecular flexibility index (Phi) is 10.2. The molecule has 2 N–H and O–H groups in total. The molecule has 1 heterocycles. The van der Waals surface area contributed by atoms with Gasteiger partial charge in [0.1, 0.15) is 5.82 Å². The Morgan fingerprint density at radius 2 is 2.25 bits per heavy atom. The van der Waals surface area contributed by atoms with Gasteiger partial charge < -0.3 is 20.1 Å². The van der Waals surface area contributed by atoms with Crippen LogP contribution in [0.2, 0.25) is 0 Å². The molecule has 2 rings (SSSR count). The van der Waals surface area contributed by atoms with E-state index in [9.17, 15) is 4.39 Å². The van der Waals surface area contributed by atoms with E-state index >= 15 is 0 Å². The molecular weight excluding hydrogens is 424 g/mol. The number of guanidine groups is 1. The van der Waals surface area contributed by atoms with Gasteiger partial charge in [-0.25, -0.2) is 4.39 Å². The van der Waals surface area contributed by atoms with E-state index in [1.807, 2.05) is 6.07 Å². The molecule has 1 aliphatic rings. The third-order valence-electron chi connectivity index (χ3n) is 3.76. The maximum atomic E-state index is 13.2. The number of ether oxygens (including phenoxy) is 2. The average Bonchev–Trinajstić information content (AvgIpc) is 3.06. The highest BCUT2D eigenvalue weighted by Gasteiger charge is 2.15. The Bertz CT molecular complexity index is 523. The molecule has 1 fully saturated rings. The van der Waals surface area contributed by atoms with Crippen LogP contribution in [0.15, 0.2) is 23.2 Å². The van der Waals surface area contributed by atoms with Crippen molar-refractivity contribution in [1.29, 1.82) is 0 Å². The van der Waals surface area contributed by atoms with Crippen molar-refractivity contribution in [3.05, 3.63) is 35.1 Å². The molecule has 0 bridgehead atoms. The molecule has 1 aromatic carbocycles. The summed E-state index contributed by atoms with van der Waals surface area (Å²) in [5.41, 5.74) is 1.68. The maximum absolute atomic E-state index is 13.2. The van der Waals surface area contributed by atoms with Crippen molar-refractivity contribution < 1.29 is 13.9 Å². The highest BCUT2D eigenvalue weighted by atomic mass is 127. The van der Waals surface area contributed by atoms with Crippen LogP contribution in [0.5, 0.6) is 0 Å². The van der Waals surface area contributed by atoms with Crippen molar-refractivity contribution in [3.63, 3.8) is 0 Å². The lowest BCUT2D eigenvalue weighted by Crippen LogP contribution is -2.37. The van der Waals surface area contributed by atoms with Crippen LogP contribution in [0.3, 0.4) is 0 Å². The van der Waals surface area contributed by atoms with Crippen molar-refractivity contribution in [1.82, 2.24) is 10.6 Å². The van der Waals surface area contributed by atoms with Crippen molar-refractivity contribution in [2.24, 2.45) is 4.99 Å². The third kappa shape index (κ3) is 7.31. The number of halogens is 2. The minimum atomic E-state index is -0.177. The predicted molar refractivity (Wildman–Crippen MR) is 105 cm³/mol. The third-order valence-corrected chi connectivity index (χ3v) is 3.76. The van der Waals surface area contributed by atoms with Gasteiger partial charge in [-0.05, 0) is 37.0 Å². The minimum absolute atomic E-state index is 0. The number of nitrogens with one attached hydrogen (secondary N) is 2. The highest BCUT2D eigenvalue weighted by molar-refractivity contribution is 14.0. The molecule has 5 nitrogen and oxygen atoms in total. The van der Waals surface area contributed by atoms with Gasteiger partial charge in [0.2, 0.25) is 0 Å². The summed E-state index contributed by atoms with van der Waals surface area (Å²) in [6, 6.07) is 5.11. The second-order valence-corrected chi connectivity index (χ2v) is 5.65. The molecule has 0 aliphatic carbocycles. The van der Waals surface area contributed by atoms with Crippen LogP contribution in [-0.4, -0.2) is 45.5 Å². The Balaban J connectivity index is 0.00000288. The van der Waals surface area contributed by atoms with Gasteiger partial charge in [0.25, 0.3) is 0 Å². The summed E-state index contributed by atoms with van der Waals surface area (Å²) in [6.45, 7) is 5.40. The highest BCUT2D eigenvalue weighted by Crippen LogP contribution is 2.09. The van der Waals surface area contributed by atoms with Crippen molar-refractivity contribution >= 4 is 29.9 Å². The number of hydrogen-bond donors (Lipinski definition) is 2. The summed E-state index contributed by atoms with van der Waals surface area (Å²) in [4.78, 5) is 4.18. The topological polar surface area (TPSA) is 54.9 Å². The Labute approximate surface area is 160 Å². The van der Waals surface area contributed by atoms with E-state index in [0.717, 1.165) is 44.1 Å². The number of nitrogens with zero attached hydrogens (tertiary/aromatic N) is 1. The van der Waals surface area contributed by atoms with Crippen molar-refractivity contribution in [2.75, 3.05) is 33.4 Å². The molecule has 0 saturated carbocycles. The molecule has 0 spiro atoms. The van der Waals surface area contributed by atoms with Crippen LogP contribution in [0, 0.1) is 12.7 Å². The van der Waals surface area contributed by atoms with Crippen LogP contribution in [0.4, 0.5) is 4.39 Å². The Morgan fingerprint density at radius 3 is 2.92 bits per heavy atom. The fourth-order valence-corrected chi connectivity index (χ4v) is 2.40. The van der Waals surface area contributed by atoms with E-state index < -0.39 is 0 Å². The molecule has 7 heteroatoms. The van der Waals surface area contributed by atoms with Crippen LogP contribution in [0.25, 0.3) is 0 Å². The fourth-order valence-electron chi connectivity index (χ4n) is 2.40. The molecular formula is C17H27FIN3O2. The van der Waals surface area contributed by atoms with Crippen LogP contribution < -0.4 is 10.6 Å². The lowest BCUT2D eigenvalue weighted by Gasteiger charge is -2.13. The first-order valence-corrected chi connectivity index (χ1v) is 8.08. The largest absolute Gasteiger partial charge is 0.379 e. The van der Waals surface area contributed by atoms with Crippen LogP contribution in [0.1, 0.15) is 24.0 Å². The van der Waals surface area contributed by atoms with Gasteiger partial charge in [-0.1, -0.05) is 12.1 Å². The Hall–Kier alpha value is -0.930. The fraction of sp³-hybridized carbons (Fsp3) is 0.588. The number of aryl methyl sites for hydroxylation is 1. The summed E-state index contributed by atoms with van der Waals surface area (Å²) in [6.07, 6.45) is 2.16. The van der Waals surface area contributed by atoms with Crippen LogP contribution >= 0.6 is 24.0 Å². The van der Waals surface area contributed by atoms with Gasteiger partial charge in [-0.3, -0.25) is 4.99 Å². The van der Waals surface area contributed by atoms with Gasteiger partial charge >= 0.3 is 0 Å². The zero-order chi connectivity index (χ0) is 16.5. The number of rotatable bonds is 7. The smallest absolute Gasteiger partial charge is 0.191 e. The van der Waals surface area contributed by atoms with Gasteiger partial charge in [0, 0.05) is 33.4 Å². The first-order valence-electron chi connectivity index (χ1n) is 8.08.